The van der Waals surface area contributed by atoms with Gasteiger partial charge >= 0.3 is 0 Å². The maximum atomic E-state index is 11.7. The first-order valence-corrected chi connectivity index (χ1v) is 12.7. The third-order valence-corrected chi connectivity index (χ3v) is 7.07. The quantitative estimate of drug-likeness (QED) is 0.156. The zero-order valence-electron chi connectivity index (χ0n) is 19.1. The van der Waals surface area contributed by atoms with E-state index in [1.165, 1.54) is 32.7 Å². The van der Waals surface area contributed by atoms with Crippen LogP contribution < -0.4 is 15.4 Å². The molecule has 9 heteroatoms. The fourth-order valence-electron chi connectivity index (χ4n) is 3.89. The fourth-order valence-corrected chi connectivity index (χ4v) is 4.66. The van der Waals surface area contributed by atoms with E-state index in [0.717, 1.165) is 49.8 Å². The van der Waals surface area contributed by atoms with Crippen molar-refractivity contribution in [1.29, 1.82) is 0 Å². The highest BCUT2D eigenvalue weighted by molar-refractivity contribution is 14.0. The number of halogens is 1. The van der Waals surface area contributed by atoms with Gasteiger partial charge in [0.25, 0.3) is 0 Å². The lowest BCUT2D eigenvalue weighted by Gasteiger charge is -2.30. The van der Waals surface area contributed by atoms with Crippen LogP contribution in [0.1, 0.15) is 57.1 Å². The van der Waals surface area contributed by atoms with Crippen molar-refractivity contribution in [2.45, 2.75) is 58.2 Å². The van der Waals surface area contributed by atoms with Crippen LogP contribution >= 0.6 is 24.0 Å². The third kappa shape index (κ3) is 10.0. The Morgan fingerprint density at radius 1 is 1.10 bits per heavy atom. The van der Waals surface area contributed by atoms with Gasteiger partial charge in [-0.15, -0.1) is 24.0 Å². The van der Waals surface area contributed by atoms with Crippen molar-refractivity contribution in [3.63, 3.8) is 0 Å². The molecule has 0 spiro atoms. The van der Waals surface area contributed by atoms with Gasteiger partial charge in [0.15, 0.2) is 5.96 Å². The largest absolute Gasteiger partial charge is 0.382 e. The molecule has 1 aromatic rings. The number of aliphatic imine (C=N–C) groups is 1. The number of rotatable bonds is 12. The molecule has 0 aliphatic heterocycles. The van der Waals surface area contributed by atoms with Gasteiger partial charge in [0.05, 0.1) is 12.3 Å². The molecule has 0 aromatic heterocycles. The number of hydrogen-bond donors (Lipinski definition) is 3. The predicted octanol–water partition coefficient (Wildman–Crippen LogP) is 3.40. The van der Waals surface area contributed by atoms with Crippen LogP contribution in [0.3, 0.4) is 0 Å². The number of nitrogens with zero attached hydrogens (tertiary/aromatic N) is 1. The minimum atomic E-state index is -3.25. The Balaban J connectivity index is 0.00000480. The molecule has 178 valence electrons. The van der Waals surface area contributed by atoms with E-state index < -0.39 is 10.0 Å². The summed E-state index contributed by atoms with van der Waals surface area (Å²) in [7, 11) is -1.82. The summed E-state index contributed by atoms with van der Waals surface area (Å²) < 4.78 is 31.3. The van der Waals surface area contributed by atoms with E-state index in [1.807, 2.05) is 31.2 Å². The van der Waals surface area contributed by atoms with Crippen molar-refractivity contribution >= 4 is 40.0 Å². The Kier molecular flexibility index (Phi) is 13.0. The SMILES string of the molecule is CCNC(=NCc1ccc(CS(=O)(=O)NC)cc1)NCC1(CCOCC)CCCC1.I. The van der Waals surface area contributed by atoms with E-state index in [4.69, 9.17) is 9.73 Å². The van der Waals surface area contributed by atoms with Crippen LogP contribution in [0.5, 0.6) is 0 Å². The van der Waals surface area contributed by atoms with Crippen LogP contribution in [0.25, 0.3) is 0 Å². The van der Waals surface area contributed by atoms with Gasteiger partial charge in [-0.05, 0) is 56.7 Å². The molecule has 2 rings (SSSR count). The standard InChI is InChI=1S/C22H38N4O3S.HI/c1-4-24-21(26-18-22(12-6-7-13-22)14-15-29-5-2)25-16-19-8-10-20(11-9-19)17-30(27,28)23-3;/h8-11,23H,4-7,12-18H2,1-3H3,(H2,24,25,26);1H. The maximum Gasteiger partial charge on any atom is 0.215 e. The summed E-state index contributed by atoms with van der Waals surface area (Å²) in [6, 6.07) is 7.57. The second-order valence-corrected chi connectivity index (χ2v) is 9.91. The van der Waals surface area contributed by atoms with Crippen molar-refractivity contribution in [2.75, 3.05) is 33.4 Å². The van der Waals surface area contributed by atoms with Gasteiger partial charge in [0, 0.05) is 26.3 Å². The van der Waals surface area contributed by atoms with E-state index in [-0.39, 0.29) is 29.7 Å². The first kappa shape index (κ1) is 28.1. The van der Waals surface area contributed by atoms with E-state index in [2.05, 4.69) is 22.3 Å². The fraction of sp³-hybridized carbons (Fsp3) is 0.682. The van der Waals surface area contributed by atoms with Gasteiger partial charge in [0.1, 0.15) is 0 Å². The minimum absolute atomic E-state index is 0. The Morgan fingerprint density at radius 3 is 2.32 bits per heavy atom. The lowest BCUT2D eigenvalue weighted by molar-refractivity contribution is 0.105. The molecular weight excluding hydrogens is 527 g/mol. The van der Waals surface area contributed by atoms with Crippen LogP contribution in [0.4, 0.5) is 0 Å². The highest BCUT2D eigenvalue weighted by Crippen LogP contribution is 2.40. The molecule has 0 saturated heterocycles. The summed E-state index contributed by atoms with van der Waals surface area (Å²) in [5, 5.41) is 6.88. The third-order valence-electron chi connectivity index (χ3n) is 5.73. The van der Waals surface area contributed by atoms with Crippen LogP contribution in [-0.4, -0.2) is 47.7 Å². The molecule has 1 aliphatic rings. The summed E-state index contributed by atoms with van der Waals surface area (Å²) in [5.41, 5.74) is 2.11. The van der Waals surface area contributed by atoms with Gasteiger partial charge in [-0.2, -0.15) is 0 Å². The molecule has 7 nitrogen and oxygen atoms in total. The molecule has 1 aliphatic carbocycles. The average Bonchev–Trinajstić information content (AvgIpc) is 3.20. The highest BCUT2D eigenvalue weighted by atomic mass is 127. The van der Waals surface area contributed by atoms with Crippen LogP contribution in [-0.2, 0) is 27.1 Å². The molecular formula is C22H39IN4O3S. The Bertz CT molecular complexity index is 763. The monoisotopic (exact) mass is 566 g/mol. The minimum Gasteiger partial charge on any atom is -0.382 e. The molecule has 0 atom stereocenters. The van der Waals surface area contributed by atoms with Crippen LogP contribution in [0.15, 0.2) is 29.3 Å². The lowest BCUT2D eigenvalue weighted by atomic mass is 9.83. The number of nitrogens with one attached hydrogen (secondary N) is 3. The molecule has 3 N–H and O–H groups in total. The summed E-state index contributed by atoms with van der Waals surface area (Å²) in [6.45, 7) is 7.96. The summed E-state index contributed by atoms with van der Waals surface area (Å²) in [6.07, 6.45) is 6.14. The Morgan fingerprint density at radius 2 is 1.74 bits per heavy atom. The zero-order chi connectivity index (χ0) is 21.9. The number of sulfonamides is 1. The Labute approximate surface area is 205 Å². The summed E-state index contributed by atoms with van der Waals surface area (Å²) in [4.78, 5) is 4.73. The molecule has 0 amide bonds. The van der Waals surface area contributed by atoms with E-state index in [9.17, 15) is 8.42 Å². The first-order valence-electron chi connectivity index (χ1n) is 11.0. The molecule has 0 radical (unpaired) electrons. The van der Waals surface area contributed by atoms with E-state index >= 15 is 0 Å². The number of ether oxygens (including phenoxy) is 1. The predicted molar refractivity (Wildman–Crippen MR) is 138 cm³/mol. The normalized spacial score (nSPS) is 16.0. The first-order chi connectivity index (χ1) is 14.4. The van der Waals surface area contributed by atoms with Gasteiger partial charge in [-0.25, -0.2) is 18.1 Å². The number of hydrogen-bond acceptors (Lipinski definition) is 4. The Hall–Kier alpha value is -0.910. The van der Waals surface area contributed by atoms with Crippen LogP contribution in [0, 0.1) is 5.41 Å². The van der Waals surface area contributed by atoms with Crippen molar-refractivity contribution in [3.05, 3.63) is 35.4 Å². The van der Waals surface area contributed by atoms with Crippen molar-refractivity contribution in [2.24, 2.45) is 10.4 Å². The molecule has 1 saturated carbocycles. The number of guanidine groups is 1. The summed E-state index contributed by atoms with van der Waals surface area (Å²) in [5.74, 6) is 0.808. The second kappa shape index (κ2) is 14.3. The molecule has 0 unspecified atom stereocenters. The summed E-state index contributed by atoms with van der Waals surface area (Å²) >= 11 is 0. The average molecular weight is 567 g/mol. The van der Waals surface area contributed by atoms with Gasteiger partial charge < -0.3 is 15.4 Å². The second-order valence-electron chi connectivity index (χ2n) is 7.98. The molecule has 0 heterocycles. The molecule has 0 bridgehead atoms. The van der Waals surface area contributed by atoms with Gasteiger partial charge in [-0.3, -0.25) is 0 Å². The molecule has 1 fully saturated rings. The smallest absolute Gasteiger partial charge is 0.215 e. The topological polar surface area (TPSA) is 91.8 Å². The maximum absolute atomic E-state index is 11.7. The van der Waals surface area contributed by atoms with E-state index in [1.54, 1.807) is 0 Å². The van der Waals surface area contributed by atoms with E-state index in [0.29, 0.717) is 12.0 Å². The van der Waals surface area contributed by atoms with Crippen molar-refractivity contribution < 1.29 is 13.2 Å². The zero-order valence-corrected chi connectivity index (χ0v) is 22.2. The molecule has 1 aromatic carbocycles. The van der Waals surface area contributed by atoms with Crippen LogP contribution in [0.2, 0.25) is 0 Å². The van der Waals surface area contributed by atoms with Gasteiger partial charge in [0.2, 0.25) is 10.0 Å². The lowest BCUT2D eigenvalue weighted by Crippen LogP contribution is -2.43. The van der Waals surface area contributed by atoms with Gasteiger partial charge in [-0.1, -0.05) is 37.1 Å². The highest BCUT2D eigenvalue weighted by Gasteiger charge is 2.33. The van der Waals surface area contributed by atoms with Crippen molar-refractivity contribution in [1.82, 2.24) is 15.4 Å². The number of benzene rings is 1. The molecule has 31 heavy (non-hydrogen) atoms. The van der Waals surface area contributed by atoms with Crippen molar-refractivity contribution in [3.8, 4) is 0 Å².